The largest absolute Gasteiger partial charge is 0.493 e. The predicted octanol–water partition coefficient (Wildman–Crippen LogP) is 3.05. The fourth-order valence-electron chi connectivity index (χ4n) is 2.25. The molecule has 0 aliphatic rings. The number of hydrogen-bond donors (Lipinski definition) is 1. The Kier molecular flexibility index (Phi) is 5.09. The second kappa shape index (κ2) is 6.83. The maximum absolute atomic E-state index is 10.6. The molecular weight excluding hydrogens is 292 g/mol. The van der Waals surface area contributed by atoms with Crippen molar-refractivity contribution in [3.63, 3.8) is 0 Å². The fraction of sp³-hybridized carbons (Fsp3) is 0.400. The van der Waals surface area contributed by atoms with E-state index in [1.807, 2.05) is 0 Å². The number of aliphatic hydroxyl groups is 1. The summed E-state index contributed by atoms with van der Waals surface area (Å²) in [5, 5.41) is 15.2. The second-order valence-corrected chi connectivity index (χ2v) is 4.96. The van der Waals surface area contributed by atoms with E-state index < -0.39 is 6.10 Å². The Morgan fingerprint density at radius 3 is 2.67 bits per heavy atom. The maximum Gasteiger partial charge on any atom is 0.179 e. The molecule has 0 saturated carbocycles. The van der Waals surface area contributed by atoms with Crippen LogP contribution >= 0.6 is 11.6 Å². The zero-order valence-electron chi connectivity index (χ0n) is 12.3. The molecule has 2 rings (SSSR count). The Hall–Kier alpha value is -1.72. The molecule has 0 amide bonds. The lowest BCUT2D eigenvalue weighted by Crippen LogP contribution is -2.11. The quantitative estimate of drug-likeness (QED) is 0.891. The summed E-state index contributed by atoms with van der Waals surface area (Å²) in [6, 6.07) is 5.24. The van der Waals surface area contributed by atoms with Crippen LogP contribution in [0, 0.1) is 0 Å². The van der Waals surface area contributed by atoms with E-state index >= 15 is 0 Å². The highest BCUT2D eigenvalue weighted by atomic mass is 35.5. The van der Waals surface area contributed by atoms with Crippen LogP contribution in [0.5, 0.6) is 11.5 Å². The van der Waals surface area contributed by atoms with Gasteiger partial charge in [0.05, 0.1) is 24.9 Å². The Balaban J connectivity index is 2.43. The molecule has 1 aromatic heterocycles. The third-order valence-electron chi connectivity index (χ3n) is 3.27. The van der Waals surface area contributed by atoms with Crippen LogP contribution in [0.15, 0.2) is 24.4 Å². The summed E-state index contributed by atoms with van der Waals surface area (Å²) in [6.45, 7) is 2.80. The number of rotatable bonds is 6. The zero-order chi connectivity index (χ0) is 15.4. The van der Waals surface area contributed by atoms with E-state index in [9.17, 15) is 5.11 Å². The summed E-state index contributed by atoms with van der Waals surface area (Å²) < 4.78 is 12.2. The van der Waals surface area contributed by atoms with E-state index in [0.717, 1.165) is 13.0 Å². The van der Waals surface area contributed by atoms with E-state index in [0.29, 0.717) is 27.8 Å². The normalized spacial score (nSPS) is 12.2. The van der Waals surface area contributed by atoms with Gasteiger partial charge >= 0.3 is 0 Å². The van der Waals surface area contributed by atoms with E-state index in [4.69, 9.17) is 21.1 Å². The Labute approximate surface area is 129 Å². The van der Waals surface area contributed by atoms with Gasteiger partial charge in [0.1, 0.15) is 6.10 Å². The fourth-order valence-corrected chi connectivity index (χ4v) is 2.59. The van der Waals surface area contributed by atoms with Gasteiger partial charge in [-0.1, -0.05) is 24.6 Å². The van der Waals surface area contributed by atoms with Crippen LogP contribution in [0.1, 0.15) is 30.7 Å². The van der Waals surface area contributed by atoms with Gasteiger partial charge in [-0.05, 0) is 18.6 Å². The SMILES string of the molecule is CCCn1nccc1C(O)c1ccc(OC)c(OC)c1Cl. The maximum atomic E-state index is 10.6. The lowest BCUT2D eigenvalue weighted by atomic mass is 10.1. The van der Waals surface area contributed by atoms with Gasteiger partial charge < -0.3 is 14.6 Å². The van der Waals surface area contributed by atoms with Gasteiger partial charge in [-0.2, -0.15) is 5.10 Å². The van der Waals surface area contributed by atoms with Gasteiger partial charge in [-0.25, -0.2) is 0 Å². The first-order valence-corrected chi connectivity index (χ1v) is 7.12. The third kappa shape index (κ3) is 2.99. The van der Waals surface area contributed by atoms with Crippen molar-refractivity contribution in [2.45, 2.75) is 26.0 Å². The second-order valence-electron chi connectivity index (χ2n) is 4.59. The van der Waals surface area contributed by atoms with Crippen molar-refractivity contribution in [1.29, 1.82) is 0 Å². The van der Waals surface area contributed by atoms with Gasteiger partial charge in [0.15, 0.2) is 11.5 Å². The molecule has 114 valence electrons. The van der Waals surface area contributed by atoms with E-state index in [-0.39, 0.29) is 0 Å². The number of ether oxygens (including phenoxy) is 2. The van der Waals surface area contributed by atoms with Crippen LogP contribution in [0.3, 0.4) is 0 Å². The molecule has 1 heterocycles. The van der Waals surface area contributed by atoms with Crippen molar-refractivity contribution in [2.24, 2.45) is 0 Å². The standard InChI is InChI=1S/C15H19ClN2O3/c1-4-9-18-11(7-8-17-18)14(19)10-5-6-12(20-2)15(21-3)13(10)16/h5-8,14,19H,4,9H2,1-3H3. The monoisotopic (exact) mass is 310 g/mol. The van der Waals surface area contributed by atoms with E-state index in [1.165, 1.54) is 7.11 Å². The van der Waals surface area contributed by atoms with Crippen LogP contribution in [0.2, 0.25) is 5.02 Å². The van der Waals surface area contributed by atoms with Crippen LogP contribution < -0.4 is 9.47 Å². The van der Waals surface area contributed by atoms with Gasteiger partial charge in [0.25, 0.3) is 0 Å². The summed E-state index contributed by atoms with van der Waals surface area (Å²) in [5.41, 5.74) is 1.26. The average molecular weight is 311 g/mol. The Morgan fingerprint density at radius 2 is 2.05 bits per heavy atom. The van der Waals surface area contributed by atoms with Gasteiger partial charge in [0, 0.05) is 18.3 Å². The van der Waals surface area contributed by atoms with E-state index in [2.05, 4.69) is 12.0 Å². The van der Waals surface area contributed by atoms with Crippen molar-refractivity contribution in [3.05, 3.63) is 40.7 Å². The first-order valence-electron chi connectivity index (χ1n) is 6.74. The number of hydrogen-bond acceptors (Lipinski definition) is 4. The smallest absolute Gasteiger partial charge is 0.179 e. The average Bonchev–Trinajstić information content (AvgIpc) is 2.94. The van der Waals surface area contributed by atoms with Gasteiger partial charge in [0.2, 0.25) is 0 Å². The third-order valence-corrected chi connectivity index (χ3v) is 3.66. The first kappa shape index (κ1) is 15.7. The summed E-state index contributed by atoms with van der Waals surface area (Å²) in [6.07, 6.45) is 1.73. The molecule has 2 aromatic rings. The molecule has 6 heteroatoms. The highest BCUT2D eigenvalue weighted by Gasteiger charge is 2.22. The zero-order valence-corrected chi connectivity index (χ0v) is 13.1. The van der Waals surface area contributed by atoms with Gasteiger partial charge in [-0.3, -0.25) is 4.68 Å². The van der Waals surface area contributed by atoms with Crippen molar-refractivity contribution in [1.82, 2.24) is 9.78 Å². The minimum absolute atomic E-state index is 0.341. The van der Waals surface area contributed by atoms with Gasteiger partial charge in [-0.15, -0.1) is 0 Å². The Bertz CT molecular complexity index is 613. The molecular formula is C15H19ClN2O3. The molecule has 0 spiro atoms. The summed E-state index contributed by atoms with van der Waals surface area (Å²) in [5.74, 6) is 0.942. The number of aliphatic hydroxyl groups excluding tert-OH is 1. The van der Waals surface area contributed by atoms with Crippen LogP contribution in [0.4, 0.5) is 0 Å². The molecule has 5 nitrogen and oxygen atoms in total. The van der Waals surface area contributed by atoms with Crippen molar-refractivity contribution in [2.75, 3.05) is 14.2 Å². The number of aryl methyl sites for hydroxylation is 1. The number of benzene rings is 1. The number of aromatic nitrogens is 2. The molecule has 1 unspecified atom stereocenters. The van der Waals surface area contributed by atoms with Crippen LogP contribution in [-0.2, 0) is 6.54 Å². The minimum atomic E-state index is -0.869. The van der Waals surface area contributed by atoms with Crippen LogP contribution in [-0.4, -0.2) is 29.1 Å². The molecule has 1 N–H and O–H groups in total. The van der Waals surface area contributed by atoms with E-state index in [1.54, 1.807) is 36.2 Å². The summed E-state index contributed by atoms with van der Waals surface area (Å²) >= 11 is 6.34. The minimum Gasteiger partial charge on any atom is -0.493 e. The number of methoxy groups -OCH3 is 2. The number of halogens is 1. The number of nitrogens with zero attached hydrogens (tertiary/aromatic N) is 2. The highest BCUT2D eigenvalue weighted by molar-refractivity contribution is 6.33. The van der Waals surface area contributed by atoms with Crippen molar-refractivity contribution < 1.29 is 14.6 Å². The molecule has 0 aliphatic heterocycles. The summed E-state index contributed by atoms with van der Waals surface area (Å²) in [7, 11) is 3.06. The topological polar surface area (TPSA) is 56.5 Å². The lowest BCUT2D eigenvalue weighted by Gasteiger charge is -2.17. The van der Waals surface area contributed by atoms with Crippen molar-refractivity contribution >= 4 is 11.6 Å². The molecule has 0 fully saturated rings. The molecule has 0 radical (unpaired) electrons. The molecule has 1 atom stereocenters. The summed E-state index contributed by atoms with van der Waals surface area (Å²) in [4.78, 5) is 0. The van der Waals surface area contributed by atoms with Crippen molar-refractivity contribution in [3.8, 4) is 11.5 Å². The molecule has 1 aromatic carbocycles. The Morgan fingerprint density at radius 1 is 1.29 bits per heavy atom. The molecule has 21 heavy (non-hydrogen) atoms. The molecule has 0 aliphatic carbocycles. The molecule has 0 saturated heterocycles. The predicted molar refractivity (Wildman–Crippen MR) is 81.1 cm³/mol. The lowest BCUT2D eigenvalue weighted by molar-refractivity contribution is 0.206. The highest BCUT2D eigenvalue weighted by Crippen LogP contribution is 2.40. The first-order chi connectivity index (χ1) is 10.1. The van der Waals surface area contributed by atoms with Crippen LogP contribution in [0.25, 0.3) is 0 Å². The molecule has 0 bridgehead atoms.